The van der Waals surface area contributed by atoms with E-state index >= 15 is 0 Å². The maximum Gasteiger partial charge on any atom is 0.330 e. The molecule has 0 unspecified atom stereocenters. The lowest BCUT2D eigenvalue weighted by Crippen LogP contribution is -2.31. The summed E-state index contributed by atoms with van der Waals surface area (Å²) in [7, 11) is 0. The van der Waals surface area contributed by atoms with Crippen LogP contribution in [0.15, 0.2) is 73.8 Å². The zero-order valence-electron chi connectivity index (χ0n) is 20.1. The van der Waals surface area contributed by atoms with Crippen molar-refractivity contribution in [1.29, 1.82) is 0 Å². The van der Waals surface area contributed by atoms with Gasteiger partial charge in [0.15, 0.2) is 0 Å². The van der Waals surface area contributed by atoms with Crippen molar-refractivity contribution in [2.45, 2.75) is 13.8 Å². The van der Waals surface area contributed by atoms with Crippen LogP contribution in [0.3, 0.4) is 0 Å². The van der Waals surface area contributed by atoms with Gasteiger partial charge in [-0.25, -0.2) is 9.59 Å². The highest BCUT2D eigenvalue weighted by atomic mass is 16.5. The zero-order valence-corrected chi connectivity index (χ0v) is 20.1. The fourth-order valence-electron chi connectivity index (χ4n) is 3.37. The minimum Gasteiger partial charge on any atom is -0.461 e. The summed E-state index contributed by atoms with van der Waals surface area (Å²) in [5, 5.41) is 0. The molecule has 0 heterocycles. The molecule has 0 spiro atoms. The van der Waals surface area contributed by atoms with E-state index in [0.717, 1.165) is 42.1 Å². The summed E-state index contributed by atoms with van der Waals surface area (Å²) >= 11 is 0. The Labute approximate surface area is 202 Å². The third kappa shape index (κ3) is 8.62. The molecule has 0 aromatic heterocycles. The molecule has 0 saturated heterocycles. The van der Waals surface area contributed by atoms with Gasteiger partial charge in [0.05, 0.1) is 13.1 Å². The van der Waals surface area contributed by atoms with Gasteiger partial charge >= 0.3 is 11.9 Å². The van der Waals surface area contributed by atoms with Crippen molar-refractivity contribution in [3.8, 4) is 0 Å². The highest BCUT2D eigenvalue weighted by molar-refractivity contribution is 5.81. The summed E-state index contributed by atoms with van der Waals surface area (Å²) in [6.07, 6.45) is 6.42. The van der Waals surface area contributed by atoms with Gasteiger partial charge in [0, 0.05) is 36.6 Å². The molecular weight excluding hydrogens is 428 g/mol. The Hall–Kier alpha value is -3.80. The lowest BCUT2D eigenvalue weighted by molar-refractivity contribution is -0.137. The van der Waals surface area contributed by atoms with Crippen LogP contribution in [0, 0.1) is 0 Å². The molecule has 0 fully saturated rings. The highest BCUT2D eigenvalue weighted by Crippen LogP contribution is 2.19. The largest absolute Gasteiger partial charge is 0.461 e. The third-order valence-corrected chi connectivity index (χ3v) is 5.29. The molecule has 0 N–H and O–H groups in total. The van der Waals surface area contributed by atoms with Gasteiger partial charge in [0.2, 0.25) is 0 Å². The van der Waals surface area contributed by atoms with Crippen LogP contribution in [0.25, 0.3) is 12.2 Å². The van der Waals surface area contributed by atoms with E-state index in [1.807, 2.05) is 29.2 Å². The Balaban J connectivity index is 2.03. The average molecular weight is 463 g/mol. The van der Waals surface area contributed by atoms with E-state index in [-0.39, 0.29) is 13.2 Å². The topological polar surface area (TPSA) is 59.1 Å². The van der Waals surface area contributed by atoms with Gasteiger partial charge in [-0.15, -0.1) is 0 Å². The van der Waals surface area contributed by atoms with Gasteiger partial charge < -0.3 is 19.3 Å². The number of anilines is 2. The van der Waals surface area contributed by atoms with Crippen molar-refractivity contribution >= 4 is 35.5 Å². The third-order valence-electron chi connectivity index (χ3n) is 5.29. The van der Waals surface area contributed by atoms with Gasteiger partial charge in [-0.2, -0.15) is 0 Å². The number of ether oxygens (including phenoxy) is 2. The molecule has 0 aliphatic carbocycles. The quantitative estimate of drug-likeness (QED) is 0.225. The molecule has 0 atom stereocenters. The maximum atomic E-state index is 11.3. The monoisotopic (exact) mass is 462 g/mol. The highest BCUT2D eigenvalue weighted by Gasteiger charge is 2.09. The number of nitrogens with zero attached hydrogens (tertiary/aromatic N) is 2. The normalized spacial score (nSPS) is 10.5. The van der Waals surface area contributed by atoms with Gasteiger partial charge in [0.1, 0.15) is 13.2 Å². The minimum atomic E-state index is -0.469. The van der Waals surface area contributed by atoms with Crippen molar-refractivity contribution < 1.29 is 19.1 Å². The molecule has 2 aromatic rings. The Morgan fingerprint density at radius 3 is 1.44 bits per heavy atom. The molecule has 0 bridgehead atoms. The van der Waals surface area contributed by atoms with Gasteiger partial charge in [0.25, 0.3) is 0 Å². The predicted molar refractivity (Wildman–Crippen MR) is 140 cm³/mol. The van der Waals surface area contributed by atoms with E-state index in [9.17, 15) is 9.59 Å². The van der Waals surface area contributed by atoms with E-state index in [0.29, 0.717) is 13.1 Å². The number of rotatable bonds is 14. The summed E-state index contributed by atoms with van der Waals surface area (Å²) in [6.45, 7) is 14.4. The molecule has 0 aliphatic heterocycles. The summed E-state index contributed by atoms with van der Waals surface area (Å²) in [4.78, 5) is 27.0. The Morgan fingerprint density at radius 2 is 1.09 bits per heavy atom. The first-order valence-electron chi connectivity index (χ1n) is 11.5. The number of carbonyl (C=O) groups is 2. The Bertz CT molecular complexity index is 935. The number of esters is 2. The molecule has 180 valence electrons. The number of hydrogen-bond acceptors (Lipinski definition) is 6. The fourth-order valence-corrected chi connectivity index (χ4v) is 3.37. The van der Waals surface area contributed by atoms with Crippen molar-refractivity contribution in [3.63, 3.8) is 0 Å². The van der Waals surface area contributed by atoms with Crippen molar-refractivity contribution in [2.75, 3.05) is 49.2 Å². The Morgan fingerprint density at radius 1 is 0.706 bits per heavy atom. The van der Waals surface area contributed by atoms with E-state index < -0.39 is 11.9 Å². The molecule has 34 heavy (non-hydrogen) atoms. The lowest BCUT2D eigenvalue weighted by atomic mass is 10.1. The fraction of sp³-hybridized carbons (Fsp3) is 0.286. The predicted octanol–water partition coefficient (Wildman–Crippen LogP) is 4.97. The van der Waals surface area contributed by atoms with E-state index in [1.165, 1.54) is 5.69 Å². The van der Waals surface area contributed by atoms with Gasteiger partial charge in [-0.3, -0.25) is 0 Å². The smallest absolute Gasteiger partial charge is 0.330 e. The van der Waals surface area contributed by atoms with Gasteiger partial charge in [-0.1, -0.05) is 49.6 Å². The van der Waals surface area contributed by atoms with Crippen LogP contribution >= 0.6 is 0 Å². The summed E-state index contributed by atoms with van der Waals surface area (Å²) in [5.41, 5.74) is 4.36. The minimum absolute atomic E-state index is 0.200. The number of carbonyl (C=O) groups excluding carboxylic acids is 2. The molecule has 0 saturated carbocycles. The second-order valence-electron chi connectivity index (χ2n) is 7.42. The summed E-state index contributed by atoms with van der Waals surface area (Å²) in [5.74, 6) is -0.938. The van der Waals surface area contributed by atoms with Crippen molar-refractivity contribution in [3.05, 3.63) is 85.0 Å². The zero-order chi connectivity index (χ0) is 24.8. The molecule has 0 aliphatic rings. The maximum absolute atomic E-state index is 11.3. The first kappa shape index (κ1) is 26.5. The van der Waals surface area contributed by atoms with Crippen LogP contribution in [0.1, 0.15) is 25.0 Å². The van der Waals surface area contributed by atoms with Crippen molar-refractivity contribution in [1.82, 2.24) is 0 Å². The second kappa shape index (κ2) is 14.4. The van der Waals surface area contributed by atoms with Crippen molar-refractivity contribution in [2.24, 2.45) is 0 Å². The summed E-state index contributed by atoms with van der Waals surface area (Å²) < 4.78 is 10.2. The van der Waals surface area contributed by atoms with Gasteiger partial charge in [-0.05, 0) is 49.2 Å². The molecule has 2 rings (SSSR count). The van der Waals surface area contributed by atoms with Crippen LogP contribution in [-0.2, 0) is 19.1 Å². The number of benzene rings is 2. The van der Waals surface area contributed by atoms with Crippen LogP contribution in [0.4, 0.5) is 11.4 Å². The van der Waals surface area contributed by atoms with Crippen LogP contribution in [-0.4, -0.2) is 51.3 Å². The van der Waals surface area contributed by atoms with E-state index in [2.05, 4.69) is 68.3 Å². The molecule has 2 aromatic carbocycles. The molecule has 0 amide bonds. The molecule has 0 radical (unpaired) electrons. The Kier molecular flexibility index (Phi) is 11.2. The standard InChI is InChI=1S/C28H34N2O4/c1-5-27(31)33-21-19-30(20-22-34-28(32)6-2)26-17-13-24(14-18-26)10-9-23-11-15-25(16-12-23)29(7-3)8-4/h5-6,9-18H,1-2,7-8,19-22H2,3-4H3/b10-9+. The van der Waals surface area contributed by atoms with E-state index in [4.69, 9.17) is 9.47 Å². The SMILES string of the molecule is C=CC(=O)OCCN(CCOC(=O)C=C)c1ccc(/C=C/c2ccc(N(CC)CC)cc2)cc1. The van der Waals surface area contributed by atoms with E-state index in [1.54, 1.807) is 0 Å². The second-order valence-corrected chi connectivity index (χ2v) is 7.42. The molecule has 6 heteroatoms. The lowest BCUT2D eigenvalue weighted by Gasteiger charge is -2.24. The van der Waals surface area contributed by atoms with Crippen LogP contribution < -0.4 is 9.80 Å². The average Bonchev–Trinajstić information content (AvgIpc) is 2.88. The van der Waals surface area contributed by atoms with Crippen LogP contribution in [0.5, 0.6) is 0 Å². The molecular formula is C28H34N2O4. The molecule has 6 nitrogen and oxygen atoms in total. The first-order valence-corrected chi connectivity index (χ1v) is 11.5. The van der Waals surface area contributed by atoms with Crippen LogP contribution in [0.2, 0.25) is 0 Å². The summed E-state index contributed by atoms with van der Waals surface area (Å²) in [6, 6.07) is 16.6. The number of hydrogen-bond donors (Lipinski definition) is 0. The first-order chi connectivity index (χ1) is 16.5.